The Morgan fingerprint density at radius 1 is 1.26 bits per heavy atom. The molecule has 1 amide bonds. The van der Waals surface area contributed by atoms with Gasteiger partial charge in [-0.05, 0) is 64.3 Å². The van der Waals surface area contributed by atoms with E-state index in [0.29, 0.717) is 18.2 Å². The zero-order chi connectivity index (χ0) is 25.2. The highest BCUT2D eigenvalue weighted by Crippen LogP contribution is 2.35. The third-order valence-electron chi connectivity index (χ3n) is 6.53. The number of aryl methyl sites for hydroxylation is 1. The van der Waals surface area contributed by atoms with Crippen molar-refractivity contribution >= 4 is 11.6 Å². The van der Waals surface area contributed by atoms with Crippen molar-refractivity contribution in [2.45, 2.75) is 58.7 Å². The van der Waals surface area contributed by atoms with Crippen LogP contribution in [-0.4, -0.2) is 52.1 Å². The SMILES string of the molecule is CN[C@@H]1CCCN(c2cncc(F)c2-c2ccc(CNC(=O)c3cn(C(C)(C)C)nn3)c(C)c2)C1. The summed E-state index contributed by atoms with van der Waals surface area (Å²) in [4.78, 5) is 18.9. The first-order chi connectivity index (χ1) is 16.7. The van der Waals surface area contributed by atoms with E-state index in [0.717, 1.165) is 48.3 Å². The number of piperidine rings is 1. The molecule has 1 atom stereocenters. The van der Waals surface area contributed by atoms with Crippen LogP contribution in [0.25, 0.3) is 11.1 Å². The van der Waals surface area contributed by atoms with E-state index >= 15 is 4.39 Å². The number of nitrogens with one attached hydrogen (secondary N) is 2. The van der Waals surface area contributed by atoms with Crippen LogP contribution in [0.5, 0.6) is 0 Å². The fraction of sp³-hybridized carbons (Fsp3) is 0.462. The zero-order valence-corrected chi connectivity index (χ0v) is 21.1. The Morgan fingerprint density at radius 3 is 2.74 bits per heavy atom. The van der Waals surface area contributed by atoms with E-state index < -0.39 is 0 Å². The predicted octanol–water partition coefficient (Wildman–Crippen LogP) is 3.66. The summed E-state index contributed by atoms with van der Waals surface area (Å²) in [5, 5.41) is 14.3. The number of hydrogen-bond acceptors (Lipinski definition) is 6. The minimum atomic E-state index is -0.337. The predicted molar refractivity (Wildman–Crippen MR) is 135 cm³/mol. The fourth-order valence-electron chi connectivity index (χ4n) is 4.39. The number of rotatable bonds is 6. The number of nitrogens with zero attached hydrogens (tertiary/aromatic N) is 5. The van der Waals surface area contributed by atoms with E-state index in [-0.39, 0.29) is 23.0 Å². The summed E-state index contributed by atoms with van der Waals surface area (Å²) >= 11 is 0. The molecule has 4 rings (SSSR count). The number of pyridine rings is 1. The number of carbonyl (C=O) groups excluding carboxylic acids is 1. The van der Waals surface area contributed by atoms with Crippen LogP contribution < -0.4 is 15.5 Å². The fourth-order valence-corrected chi connectivity index (χ4v) is 4.39. The molecule has 2 N–H and O–H groups in total. The topological polar surface area (TPSA) is 88.0 Å². The lowest BCUT2D eigenvalue weighted by atomic mass is 9.97. The maximum Gasteiger partial charge on any atom is 0.273 e. The van der Waals surface area contributed by atoms with E-state index in [2.05, 4.69) is 30.8 Å². The molecule has 1 fully saturated rings. The molecule has 0 radical (unpaired) electrons. The number of carbonyl (C=O) groups is 1. The van der Waals surface area contributed by atoms with Gasteiger partial charge in [0.05, 0.1) is 29.8 Å². The molecule has 2 aromatic heterocycles. The highest BCUT2D eigenvalue weighted by Gasteiger charge is 2.24. The standard InChI is InChI=1S/C26H34FN7O/c1-17-11-18(24-21(27)13-29-14-23(24)33-10-6-7-20(15-33)28-5)8-9-19(17)12-30-25(35)22-16-34(32-31-22)26(2,3)4/h8-9,11,13-14,16,20,28H,6-7,10,12,15H2,1-5H3,(H,30,35)/t20-/m1/s1. The molecule has 1 aliphatic rings. The highest BCUT2D eigenvalue weighted by atomic mass is 19.1. The summed E-state index contributed by atoms with van der Waals surface area (Å²) in [7, 11) is 1.96. The third-order valence-corrected chi connectivity index (χ3v) is 6.53. The third kappa shape index (κ3) is 5.51. The summed E-state index contributed by atoms with van der Waals surface area (Å²) in [6.07, 6.45) is 6.83. The lowest BCUT2D eigenvalue weighted by Crippen LogP contribution is -2.44. The van der Waals surface area contributed by atoms with Crippen LogP contribution >= 0.6 is 0 Å². The minimum Gasteiger partial charge on any atom is -0.368 e. The quantitative estimate of drug-likeness (QED) is 0.561. The molecule has 0 aliphatic carbocycles. The van der Waals surface area contributed by atoms with Gasteiger partial charge in [0.2, 0.25) is 0 Å². The normalized spacial score (nSPS) is 16.4. The van der Waals surface area contributed by atoms with Crippen LogP contribution in [0.2, 0.25) is 0 Å². The Morgan fingerprint density at radius 2 is 2.06 bits per heavy atom. The van der Waals surface area contributed by atoms with Gasteiger partial charge in [-0.15, -0.1) is 5.10 Å². The van der Waals surface area contributed by atoms with Gasteiger partial charge in [0.1, 0.15) is 0 Å². The lowest BCUT2D eigenvalue weighted by Gasteiger charge is -2.35. The molecule has 3 heterocycles. The van der Waals surface area contributed by atoms with Gasteiger partial charge in [-0.1, -0.05) is 23.4 Å². The van der Waals surface area contributed by atoms with Crippen molar-refractivity contribution < 1.29 is 9.18 Å². The van der Waals surface area contributed by atoms with Gasteiger partial charge in [0.25, 0.3) is 5.91 Å². The Hall–Kier alpha value is -3.33. The number of anilines is 1. The smallest absolute Gasteiger partial charge is 0.273 e. The van der Waals surface area contributed by atoms with E-state index in [1.165, 1.54) is 6.20 Å². The number of likely N-dealkylation sites (N-methyl/N-ethyl adjacent to an activating group) is 1. The number of halogens is 1. The van der Waals surface area contributed by atoms with E-state index in [9.17, 15) is 4.79 Å². The van der Waals surface area contributed by atoms with Crippen LogP contribution in [0, 0.1) is 12.7 Å². The van der Waals surface area contributed by atoms with Crippen molar-refractivity contribution in [3.63, 3.8) is 0 Å². The highest BCUT2D eigenvalue weighted by molar-refractivity contribution is 5.91. The van der Waals surface area contributed by atoms with Crippen molar-refractivity contribution in [1.29, 1.82) is 0 Å². The van der Waals surface area contributed by atoms with Gasteiger partial charge >= 0.3 is 0 Å². The molecule has 1 aliphatic heterocycles. The van der Waals surface area contributed by atoms with Gasteiger partial charge in [-0.2, -0.15) is 0 Å². The number of aromatic nitrogens is 4. The molecule has 8 nitrogen and oxygen atoms in total. The van der Waals surface area contributed by atoms with E-state index in [1.54, 1.807) is 17.1 Å². The van der Waals surface area contributed by atoms with Crippen LogP contribution in [0.15, 0.2) is 36.8 Å². The van der Waals surface area contributed by atoms with Crippen LogP contribution in [0.3, 0.4) is 0 Å². The molecule has 0 spiro atoms. The molecule has 186 valence electrons. The van der Waals surface area contributed by atoms with E-state index in [4.69, 9.17) is 0 Å². The zero-order valence-electron chi connectivity index (χ0n) is 21.1. The lowest BCUT2D eigenvalue weighted by molar-refractivity contribution is 0.0945. The molecular weight excluding hydrogens is 445 g/mol. The molecule has 0 unspecified atom stereocenters. The summed E-state index contributed by atoms with van der Waals surface area (Å²) in [5.41, 5.74) is 4.12. The number of hydrogen-bond donors (Lipinski definition) is 2. The van der Waals surface area contributed by atoms with Gasteiger partial charge in [-0.25, -0.2) is 9.07 Å². The van der Waals surface area contributed by atoms with E-state index in [1.807, 2.05) is 52.9 Å². The van der Waals surface area contributed by atoms with Crippen LogP contribution in [-0.2, 0) is 12.1 Å². The van der Waals surface area contributed by atoms with Crippen LogP contribution in [0.1, 0.15) is 55.2 Å². The second-order valence-corrected chi connectivity index (χ2v) is 10.1. The van der Waals surface area contributed by atoms with Gasteiger partial charge in [0.15, 0.2) is 11.5 Å². The van der Waals surface area contributed by atoms with Crippen molar-refractivity contribution in [2.24, 2.45) is 0 Å². The molecule has 9 heteroatoms. The Kier molecular flexibility index (Phi) is 7.16. The Labute approximate surface area is 205 Å². The largest absolute Gasteiger partial charge is 0.368 e. The first-order valence-corrected chi connectivity index (χ1v) is 12.0. The van der Waals surface area contributed by atoms with Crippen molar-refractivity contribution in [2.75, 3.05) is 25.0 Å². The summed E-state index contributed by atoms with van der Waals surface area (Å²) in [6.45, 7) is 9.99. The second-order valence-electron chi connectivity index (χ2n) is 10.1. The Bertz CT molecular complexity index is 1200. The first-order valence-electron chi connectivity index (χ1n) is 12.0. The van der Waals surface area contributed by atoms with Crippen molar-refractivity contribution in [1.82, 2.24) is 30.6 Å². The summed E-state index contributed by atoms with van der Waals surface area (Å²) in [6, 6.07) is 6.19. The summed E-state index contributed by atoms with van der Waals surface area (Å²) in [5.74, 6) is -0.618. The Balaban J connectivity index is 1.52. The second kappa shape index (κ2) is 10.1. The molecule has 1 aromatic carbocycles. The number of benzene rings is 1. The van der Waals surface area contributed by atoms with Gasteiger partial charge in [0, 0.05) is 31.2 Å². The van der Waals surface area contributed by atoms with Gasteiger partial charge in [-0.3, -0.25) is 9.78 Å². The molecule has 0 bridgehead atoms. The minimum absolute atomic E-state index is 0.249. The molecule has 35 heavy (non-hydrogen) atoms. The molecule has 1 saturated heterocycles. The molecular formula is C26H34FN7O. The maximum absolute atomic E-state index is 15.1. The monoisotopic (exact) mass is 479 g/mol. The number of amides is 1. The average molecular weight is 480 g/mol. The summed E-state index contributed by atoms with van der Waals surface area (Å²) < 4.78 is 16.7. The van der Waals surface area contributed by atoms with Gasteiger partial charge < -0.3 is 15.5 Å². The average Bonchev–Trinajstić information content (AvgIpc) is 3.34. The molecule has 3 aromatic rings. The van der Waals surface area contributed by atoms with Crippen molar-refractivity contribution in [3.05, 3.63) is 59.4 Å². The maximum atomic E-state index is 15.1. The van der Waals surface area contributed by atoms with Crippen LogP contribution in [0.4, 0.5) is 10.1 Å². The molecule has 0 saturated carbocycles. The van der Waals surface area contributed by atoms with Crippen molar-refractivity contribution in [3.8, 4) is 11.1 Å². The first kappa shape index (κ1) is 24.8.